The molecule has 0 aromatic carbocycles. The highest BCUT2D eigenvalue weighted by Gasteiger charge is 2.32. The Balaban J connectivity index is 1.82. The highest BCUT2D eigenvalue weighted by Crippen LogP contribution is 2.35. The molecule has 2 aliphatic carbocycles. The van der Waals surface area contributed by atoms with Gasteiger partial charge in [-0.1, -0.05) is 19.3 Å². The zero-order chi connectivity index (χ0) is 9.80. The highest BCUT2D eigenvalue weighted by atomic mass is 16.3. The average molecular weight is 195 g/mol. The van der Waals surface area contributed by atoms with Crippen LogP contribution in [0.1, 0.15) is 57.8 Å². The van der Waals surface area contributed by atoms with E-state index >= 15 is 0 Å². The summed E-state index contributed by atoms with van der Waals surface area (Å²) in [5.74, 6) is 1.21. The summed E-state index contributed by atoms with van der Waals surface area (Å²) < 4.78 is 0. The zero-order valence-corrected chi connectivity index (χ0v) is 9.12. The molecule has 2 rings (SSSR count). The van der Waals surface area contributed by atoms with Crippen molar-refractivity contribution < 1.29 is 5.11 Å². The van der Waals surface area contributed by atoms with E-state index in [-0.39, 0.29) is 6.10 Å². The molecule has 2 aliphatic rings. The smallest absolute Gasteiger partial charge is 0.0928 e. The molecule has 0 saturated heterocycles. The summed E-state index contributed by atoms with van der Waals surface area (Å²) in [6.45, 7) is 0. The molecule has 0 aromatic heterocycles. The van der Waals surface area contributed by atoms with Gasteiger partial charge >= 0.3 is 0 Å². The van der Waals surface area contributed by atoms with E-state index in [4.69, 9.17) is 0 Å². The lowest BCUT2D eigenvalue weighted by molar-refractivity contribution is 0.0245. The predicted molar refractivity (Wildman–Crippen MR) is 58.8 cm³/mol. The third-order valence-corrected chi connectivity index (χ3v) is 4.07. The summed E-state index contributed by atoms with van der Waals surface area (Å²) in [6.07, 6.45) is 14.0. The Morgan fingerprint density at radius 2 is 1.64 bits per heavy atom. The molecule has 1 nitrogen and oxygen atoms in total. The van der Waals surface area contributed by atoms with E-state index in [9.17, 15) is 5.11 Å². The second-order valence-electron chi connectivity index (χ2n) is 5.10. The fourth-order valence-electron chi connectivity index (χ4n) is 3.14. The molecule has 0 aromatic rings. The third kappa shape index (κ3) is 2.44. The van der Waals surface area contributed by atoms with E-state index in [1.807, 2.05) is 0 Å². The molecule has 2 atom stereocenters. The lowest BCUT2D eigenvalue weighted by Crippen LogP contribution is -2.32. The summed E-state index contributed by atoms with van der Waals surface area (Å²) in [6, 6.07) is 0. The molecule has 0 spiro atoms. The molecule has 0 amide bonds. The number of aliphatic hydroxyl groups is 1. The number of aliphatic hydroxyl groups excluding tert-OH is 1. The van der Waals surface area contributed by atoms with Gasteiger partial charge < -0.3 is 5.11 Å². The second-order valence-corrected chi connectivity index (χ2v) is 5.10. The summed E-state index contributed by atoms with van der Waals surface area (Å²) >= 11 is 0. The quantitative estimate of drug-likeness (QED) is 0.670. The van der Waals surface area contributed by atoms with Gasteiger partial charge in [-0.25, -0.2) is 0 Å². The molecule has 0 aliphatic heterocycles. The van der Waals surface area contributed by atoms with Crippen LogP contribution < -0.4 is 0 Å². The van der Waals surface area contributed by atoms with Crippen molar-refractivity contribution in [3.8, 4) is 0 Å². The van der Waals surface area contributed by atoms with Crippen LogP contribution in [-0.4, -0.2) is 11.2 Å². The first-order valence-corrected chi connectivity index (χ1v) is 6.37. The van der Waals surface area contributed by atoms with Gasteiger partial charge in [-0.15, -0.1) is 0 Å². The zero-order valence-electron chi connectivity index (χ0n) is 9.12. The molecule has 0 heterocycles. The first-order valence-electron chi connectivity index (χ1n) is 6.37. The molecule has 14 heavy (non-hydrogen) atoms. The van der Waals surface area contributed by atoms with Crippen molar-refractivity contribution in [2.45, 2.75) is 63.9 Å². The maximum atomic E-state index is 10.3. The van der Waals surface area contributed by atoms with Gasteiger partial charge in [0.05, 0.1) is 25.4 Å². The van der Waals surface area contributed by atoms with Crippen LogP contribution >= 0.6 is 0 Å². The van der Waals surface area contributed by atoms with E-state index < -0.39 is 0 Å². The molecule has 2 fully saturated rings. The van der Waals surface area contributed by atoms with Crippen LogP contribution in [0.4, 0.5) is 0 Å². The first kappa shape index (κ1) is 10.4. The molecular weight excluding hydrogens is 172 g/mol. The summed E-state index contributed by atoms with van der Waals surface area (Å²) in [5, 5.41) is 10.3. The molecule has 1 heteroatoms. The minimum Gasteiger partial charge on any atom is -0.392 e. The highest BCUT2D eigenvalue weighted by molar-refractivity contribution is 4.85. The third-order valence-electron chi connectivity index (χ3n) is 4.07. The topological polar surface area (TPSA) is 20.2 Å². The molecular formula is C13H23O+. The molecule has 2 saturated carbocycles. The van der Waals surface area contributed by atoms with E-state index in [1.54, 1.807) is 0 Å². The summed E-state index contributed by atoms with van der Waals surface area (Å²) in [7, 11) is 0. The first-order chi connectivity index (χ1) is 6.88. The number of hydrogen-bond acceptors (Lipinski definition) is 1. The Morgan fingerprint density at radius 3 is 2.29 bits per heavy atom. The van der Waals surface area contributed by atoms with Gasteiger partial charge in [-0.2, -0.15) is 0 Å². The lowest BCUT2D eigenvalue weighted by Gasteiger charge is -2.32. The molecule has 0 bridgehead atoms. The van der Waals surface area contributed by atoms with Crippen molar-refractivity contribution in [1.29, 1.82) is 0 Å². The van der Waals surface area contributed by atoms with E-state index in [1.165, 1.54) is 51.4 Å². The minimum atomic E-state index is 0.00634. The van der Waals surface area contributed by atoms with Gasteiger partial charge in [0.1, 0.15) is 0 Å². The van der Waals surface area contributed by atoms with Crippen molar-refractivity contribution in [2.75, 3.05) is 0 Å². The Labute approximate surface area is 87.9 Å². The van der Waals surface area contributed by atoms with Crippen LogP contribution in [0.25, 0.3) is 0 Å². The largest absolute Gasteiger partial charge is 0.392 e. The monoisotopic (exact) mass is 195 g/mol. The Morgan fingerprint density at radius 1 is 0.929 bits per heavy atom. The predicted octanol–water partition coefficient (Wildman–Crippen LogP) is 3.32. The van der Waals surface area contributed by atoms with Crippen molar-refractivity contribution in [1.82, 2.24) is 0 Å². The van der Waals surface area contributed by atoms with Gasteiger partial charge in [0.2, 0.25) is 0 Å². The fourth-order valence-corrected chi connectivity index (χ4v) is 3.14. The number of hydrogen-bond donors (Lipinski definition) is 1. The van der Waals surface area contributed by atoms with Crippen LogP contribution in [-0.2, 0) is 0 Å². The van der Waals surface area contributed by atoms with Crippen LogP contribution in [0.15, 0.2) is 0 Å². The Kier molecular flexibility index (Phi) is 3.74. The average Bonchev–Trinajstić information content (AvgIpc) is 2.30. The van der Waals surface area contributed by atoms with Crippen molar-refractivity contribution >= 4 is 0 Å². The summed E-state index contributed by atoms with van der Waals surface area (Å²) in [5.41, 5.74) is 0. The van der Waals surface area contributed by atoms with Crippen LogP contribution in [0.3, 0.4) is 0 Å². The lowest BCUT2D eigenvalue weighted by atomic mass is 9.75. The summed E-state index contributed by atoms with van der Waals surface area (Å²) in [4.78, 5) is 0. The van der Waals surface area contributed by atoms with Gasteiger partial charge in [0.25, 0.3) is 0 Å². The second kappa shape index (κ2) is 5.06. The van der Waals surface area contributed by atoms with Gasteiger partial charge in [-0.3, -0.25) is 0 Å². The van der Waals surface area contributed by atoms with Crippen LogP contribution in [0.5, 0.6) is 0 Å². The van der Waals surface area contributed by atoms with Gasteiger partial charge in [-0.05, 0) is 31.6 Å². The van der Waals surface area contributed by atoms with Crippen LogP contribution in [0.2, 0.25) is 0 Å². The van der Waals surface area contributed by atoms with Crippen LogP contribution in [0, 0.1) is 18.3 Å². The molecule has 2 unspecified atom stereocenters. The van der Waals surface area contributed by atoms with Crippen molar-refractivity contribution in [3.05, 3.63) is 6.42 Å². The van der Waals surface area contributed by atoms with E-state index in [0.29, 0.717) is 11.8 Å². The fraction of sp³-hybridized carbons (Fsp3) is 0.923. The van der Waals surface area contributed by atoms with Crippen molar-refractivity contribution in [2.24, 2.45) is 11.8 Å². The van der Waals surface area contributed by atoms with E-state index in [2.05, 4.69) is 6.42 Å². The SMILES string of the molecule is OC(C1C[CH+]CCC1)C1CCCCC1. The molecule has 0 radical (unpaired) electrons. The standard InChI is InChI=1S/C13H23O/c14-13(11-7-3-1-4-8-11)12-9-5-2-6-10-12/h3,11-14H,1-2,4-10H2/q+1. The van der Waals surface area contributed by atoms with E-state index in [0.717, 1.165) is 6.42 Å². The molecule has 1 N–H and O–H groups in total. The van der Waals surface area contributed by atoms with Gasteiger partial charge in [0.15, 0.2) is 0 Å². The van der Waals surface area contributed by atoms with Crippen molar-refractivity contribution in [3.63, 3.8) is 0 Å². The minimum absolute atomic E-state index is 0.00634. The Bertz CT molecular complexity index is 137. The molecule has 80 valence electrons. The van der Waals surface area contributed by atoms with Gasteiger partial charge in [0, 0.05) is 5.92 Å². The normalized spacial score (nSPS) is 32.2. The number of rotatable bonds is 2. The maximum Gasteiger partial charge on any atom is 0.0928 e. The Hall–Kier alpha value is -0.170. The maximum absolute atomic E-state index is 10.3.